The van der Waals surface area contributed by atoms with Crippen molar-refractivity contribution >= 4 is 23.6 Å². The number of benzene rings is 2. The molecule has 0 aromatic heterocycles. The lowest BCUT2D eigenvalue weighted by Gasteiger charge is -2.46. The summed E-state index contributed by atoms with van der Waals surface area (Å²) in [4.78, 5) is 25.1. The van der Waals surface area contributed by atoms with Gasteiger partial charge in [-0.1, -0.05) is 24.3 Å². The van der Waals surface area contributed by atoms with E-state index >= 15 is 0 Å². The number of anilines is 2. The second-order valence-corrected chi connectivity index (χ2v) is 10.7. The van der Waals surface area contributed by atoms with Crippen LogP contribution in [0.25, 0.3) is 0 Å². The van der Waals surface area contributed by atoms with Gasteiger partial charge in [-0.15, -0.1) is 0 Å². The smallest absolute Gasteiger partial charge is 0.412 e. The number of carbonyl (C=O) groups is 2. The molecule has 0 spiro atoms. The fourth-order valence-corrected chi connectivity index (χ4v) is 4.75. The molecule has 0 bridgehead atoms. The Balaban J connectivity index is 1.51. The van der Waals surface area contributed by atoms with Crippen molar-refractivity contribution in [3.63, 3.8) is 0 Å². The van der Waals surface area contributed by atoms with E-state index in [9.17, 15) is 43.9 Å². The minimum Gasteiger partial charge on any atom is -0.446 e. The minimum absolute atomic E-state index is 0.217. The molecule has 2 heterocycles. The Labute approximate surface area is 261 Å². The van der Waals surface area contributed by atoms with Gasteiger partial charge in [-0.05, 0) is 38.1 Å². The van der Waals surface area contributed by atoms with Crippen molar-refractivity contribution in [2.75, 3.05) is 23.8 Å². The second kappa shape index (κ2) is 15.9. The van der Waals surface area contributed by atoms with Gasteiger partial charge in [0, 0.05) is 0 Å². The van der Waals surface area contributed by atoms with E-state index in [-0.39, 0.29) is 11.4 Å². The third-order valence-corrected chi connectivity index (χ3v) is 7.00. The molecule has 4 rings (SSSR count). The number of nitrogens with one attached hydrogen (secondary N) is 2. The van der Waals surface area contributed by atoms with Crippen LogP contribution < -0.4 is 10.6 Å². The molecule has 0 radical (unpaired) electrons. The van der Waals surface area contributed by atoms with Gasteiger partial charge >= 0.3 is 12.2 Å². The largest absolute Gasteiger partial charge is 0.446 e. The normalized spacial score (nSPS) is 31.3. The lowest BCUT2D eigenvalue weighted by molar-refractivity contribution is -0.361. The number of amides is 2. The van der Waals surface area contributed by atoms with E-state index < -0.39 is 105 Å². The first-order valence-electron chi connectivity index (χ1n) is 14.2. The van der Waals surface area contributed by atoms with Crippen LogP contribution in [0, 0.1) is 11.6 Å². The summed E-state index contributed by atoms with van der Waals surface area (Å²) in [5.41, 5.74) is -0.484. The molecule has 2 aliphatic rings. The Hall–Kier alpha value is -3.52. The zero-order valence-corrected chi connectivity index (χ0v) is 24.6. The van der Waals surface area contributed by atoms with Crippen LogP contribution in [0.3, 0.4) is 0 Å². The highest BCUT2D eigenvalue weighted by Gasteiger charge is 2.52. The van der Waals surface area contributed by atoms with Crippen molar-refractivity contribution in [3.05, 3.63) is 60.2 Å². The zero-order chi connectivity index (χ0) is 33.5. The Bertz CT molecular complexity index is 1320. The molecular weight excluding hydrogens is 622 g/mol. The van der Waals surface area contributed by atoms with Crippen molar-refractivity contribution in [2.24, 2.45) is 0 Å². The molecule has 15 nitrogen and oxygen atoms in total. The van der Waals surface area contributed by atoms with Gasteiger partial charge in [0.1, 0.15) is 61.0 Å². The highest BCUT2D eigenvalue weighted by molar-refractivity contribution is 5.85. The van der Waals surface area contributed by atoms with Crippen molar-refractivity contribution < 1.29 is 72.3 Å². The summed E-state index contributed by atoms with van der Waals surface area (Å²) in [6.45, 7) is 1.80. The molecule has 254 valence electrons. The van der Waals surface area contributed by atoms with E-state index in [2.05, 4.69) is 10.6 Å². The van der Waals surface area contributed by atoms with E-state index in [0.717, 1.165) is 12.1 Å². The Morgan fingerprint density at radius 3 is 1.87 bits per heavy atom. The van der Waals surface area contributed by atoms with E-state index in [1.165, 1.54) is 36.4 Å². The SMILES string of the molecule is CC(C)O[C@@H]1O[C@H](CO)[C@@H](OC2O[C@H](COC(=O)Nc3ccccc3F)[C@@H](OC(=O)Nc3ccccc3F)[C@H](O)[C@H]2O)[C@H](O)[C@H]1O. The first-order chi connectivity index (χ1) is 21.9. The molecule has 2 saturated heterocycles. The Kier molecular flexibility index (Phi) is 12.2. The van der Waals surface area contributed by atoms with Crippen molar-refractivity contribution in [1.82, 2.24) is 0 Å². The fourth-order valence-electron chi connectivity index (χ4n) is 4.75. The molecule has 17 heteroatoms. The molecule has 1 unspecified atom stereocenters. The molecule has 10 atom stereocenters. The number of ether oxygens (including phenoxy) is 6. The van der Waals surface area contributed by atoms with Crippen LogP contribution in [0.2, 0.25) is 0 Å². The van der Waals surface area contributed by atoms with Gasteiger partial charge in [-0.25, -0.2) is 18.4 Å². The van der Waals surface area contributed by atoms with E-state index in [0.29, 0.717) is 0 Å². The second-order valence-electron chi connectivity index (χ2n) is 10.7. The lowest BCUT2D eigenvalue weighted by atomic mass is 9.97. The summed E-state index contributed by atoms with van der Waals surface area (Å²) in [6.07, 6.45) is -19.7. The van der Waals surface area contributed by atoms with Gasteiger partial charge in [0.25, 0.3) is 0 Å². The quantitative estimate of drug-likeness (QED) is 0.189. The highest BCUT2D eigenvalue weighted by Crippen LogP contribution is 2.31. The number of halogens is 2. The van der Waals surface area contributed by atoms with Gasteiger partial charge in [0.05, 0.1) is 24.1 Å². The van der Waals surface area contributed by atoms with Crippen LogP contribution in [0.4, 0.5) is 29.7 Å². The number of hydrogen-bond donors (Lipinski definition) is 7. The third-order valence-electron chi connectivity index (χ3n) is 7.00. The third kappa shape index (κ3) is 8.64. The maximum atomic E-state index is 14.1. The Morgan fingerprint density at radius 2 is 1.30 bits per heavy atom. The van der Waals surface area contributed by atoms with Crippen LogP contribution in [0.1, 0.15) is 13.8 Å². The topological polar surface area (TPSA) is 215 Å². The van der Waals surface area contributed by atoms with Crippen molar-refractivity contribution in [1.29, 1.82) is 0 Å². The molecule has 7 N–H and O–H groups in total. The monoisotopic (exact) mass is 658 g/mol. The van der Waals surface area contributed by atoms with Crippen molar-refractivity contribution in [2.45, 2.75) is 81.4 Å². The van der Waals surface area contributed by atoms with Gasteiger partial charge in [-0.2, -0.15) is 0 Å². The van der Waals surface area contributed by atoms with Gasteiger partial charge in [0.2, 0.25) is 0 Å². The van der Waals surface area contributed by atoms with Crippen LogP contribution in [-0.4, -0.2) is 118 Å². The summed E-state index contributed by atoms with van der Waals surface area (Å²) < 4.78 is 60.8. The van der Waals surface area contributed by atoms with Crippen molar-refractivity contribution in [3.8, 4) is 0 Å². The van der Waals surface area contributed by atoms with Crippen LogP contribution in [0.5, 0.6) is 0 Å². The molecule has 46 heavy (non-hydrogen) atoms. The van der Waals surface area contributed by atoms with Gasteiger partial charge < -0.3 is 54.0 Å². The van der Waals surface area contributed by atoms with E-state index in [4.69, 9.17) is 28.4 Å². The number of rotatable bonds is 10. The predicted octanol–water partition coefficient (Wildman–Crippen LogP) is 0.826. The molecular formula is C29H36F2N2O13. The van der Waals surface area contributed by atoms with Gasteiger partial charge in [-0.3, -0.25) is 10.6 Å². The molecule has 2 aromatic carbocycles. The molecule has 2 fully saturated rings. The highest BCUT2D eigenvalue weighted by atomic mass is 19.1. The molecule has 2 aromatic rings. The van der Waals surface area contributed by atoms with Gasteiger partial charge in [0.15, 0.2) is 18.7 Å². The summed E-state index contributed by atoms with van der Waals surface area (Å²) in [7, 11) is 0. The fraction of sp³-hybridized carbons (Fsp3) is 0.517. The molecule has 0 saturated carbocycles. The van der Waals surface area contributed by atoms with E-state index in [1.54, 1.807) is 13.8 Å². The first kappa shape index (κ1) is 35.3. The maximum Gasteiger partial charge on any atom is 0.412 e. The first-order valence-corrected chi connectivity index (χ1v) is 14.2. The van der Waals surface area contributed by atoms with Crippen LogP contribution in [-0.2, 0) is 28.4 Å². The number of carbonyl (C=O) groups excluding carboxylic acids is 2. The molecule has 2 aliphatic heterocycles. The molecule has 0 aliphatic carbocycles. The summed E-state index contributed by atoms with van der Waals surface area (Å²) in [5, 5.41) is 57.4. The summed E-state index contributed by atoms with van der Waals surface area (Å²) in [5.74, 6) is -1.56. The number of aliphatic hydroxyl groups excluding tert-OH is 5. The average molecular weight is 659 g/mol. The zero-order valence-electron chi connectivity index (χ0n) is 24.6. The predicted molar refractivity (Wildman–Crippen MR) is 151 cm³/mol. The average Bonchev–Trinajstić information content (AvgIpc) is 3.01. The van der Waals surface area contributed by atoms with Crippen LogP contribution >= 0.6 is 0 Å². The summed E-state index contributed by atoms with van der Waals surface area (Å²) >= 11 is 0. The standard InChI is InChI=1S/C29H36F2N2O13/c1-13(2)42-26-22(37)20(35)24(18(11-34)43-26)45-27-23(38)21(36)25(46-29(40)33-17-10-6-4-8-15(17)31)19(44-27)12-41-28(39)32-16-9-5-3-7-14(16)30/h3-10,13,18-27,34-38H,11-12H2,1-2H3,(H,32,39)(H,33,40)/t18-,19-,20-,21-,22-,23-,24-,25-,26-,27?/m1/s1. The van der Waals surface area contributed by atoms with Crippen LogP contribution in [0.15, 0.2) is 48.5 Å². The number of para-hydroxylation sites is 2. The molecule has 2 amide bonds. The number of aliphatic hydroxyl groups is 5. The Morgan fingerprint density at radius 1 is 0.783 bits per heavy atom. The lowest BCUT2D eigenvalue weighted by Crippen LogP contribution is -2.65. The maximum absolute atomic E-state index is 14.1. The minimum atomic E-state index is -2.00. The number of hydrogen-bond acceptors (Lipinski definition) is 13. The summed E-state index contributed by atoms with van der Waals surface area (Å²) in [6, 6.07) is 10.3. The van der Waals surface area contributed by atoms with E-state index in [1.807, 2.05) is 0 Å².